The molecule has 0 spiro atoms. The van der Waals surface area contributed by atoms with Gasteiger partial charge in [-0.15, -0.1) is 0 Å². The van der Waals surface area contributed by atoms with Crippen LogP contribution in [-0.2, 0) is 43.1 Å². The van der Waals surface area contributed by atoms with E-state index in [0.717, 1.165) is 18.7 Å². The van der Waals surface area contributed by atoms with Gasteiger partial charge < -0.3 is 41.7 Å². The van der Waals surface area contributed by atoms with Crippen LogP contribution in [0.25, 0.3) is 0 Å². The van der Waals surface area contributed by atoms with Gasteiger partial charge in [-0.3, -0.25) is 33.6 Å². The lowest BCUT2D eigenvalue weighted by Gasteiger charge is -2.29. The first-order chi connectivity index (χ1) is 19.5. The summed E-state index contributed by atoms with van der Waals surface area (Å²) in [5, 5.41) is 34.8. The molecular formula is C25H40N4O12S. The Morgan fingerprint density at radius 3 is 2.12 bits per heavy atom. The van der Waals surface area contributed by atoms with Crippen molar-refractivity contribution in [2.24, 2.45) is 11.1 Å². The number of esters is 1. The highest BCUT2D eigenvalue weighted by atomic mass is 32.2. The summed E-state index contributed by atoms with van der Waals surface area (Å²) in [6.07, 6.45) is -2.84. The summed E-state index contributed by atoms with van der Waals surface area (Å²) in [6, 6.07) is -2.44. The standard InChI is InChI=1S/C25H40N4O12S/c1-14(30)29-17(24(39)40)6-7-19(33)41-13-25(2,3)21(35)22(36)28-9-8-18(32)27-10-11-42-20(34)12-15(31)4-5-16(26)23(37)38/h16-17,21,35H,4-13,26H2,1-3H3,(H,27,32)(H,28,36)(H,29,30)(H,37,38)(H,39,40)/t16-,17-,21-/m0/s1. The van der Waals surface area contributed by atoms with Gasteiger partial charge in [-0.05, 0) is 12.8 Å². The Bertz CT molecular complexity index is 1000. The predicted octanol–water partition coefficient (Wildman–Crippen LogP) is -1.68. The van der Waals surface area contributed by atoms with Crippen molar-refractivity contribution in [2.75, 3.05) is 25.4 Å². The molecule has 0 saturated heterocycles. The first kappa shape index (κ1) is 38.4. The molecule has 17 heteroatoms. The number of nitrogens with two attached hydrogens (primary N) is 1. The lowest BCUT2D eigenvalue weighted by atomic mass is 9.87. The number of hydrogen-bond donors (Lipinski definition) is 7. The van der Waals surface area contributed by atoms with E-state index in [-0.39, 0.29) is 64.0 Å². The van der Waals surface area contributed by atoms with Gasteiger partial charge in [-0.1, -0.05) is 25.6 Å². The third kappa shape index (κ3) is 17.3. The predicted molar refractivity (Wildman–Crippen MR) is 148 cm³/mol. The van der Waals surface area contributed by atoms with Crippen LogP contribution in [0, 0.1) is 5.41 Å². The Kier molecular flexibility index (Phi) is 17.9. The van der Waals surface area contributed by atoms with Crippen LogP contribution in [0.4, 0.5) is 0 Å². The minimum atomic E-state index is -1.61. The number of ether oxygens (including phenoxy) is 1. The zero-order valence-electron chi connectivity index (χ0n) is 23.8. The Morgan fingerprint density at radius 2 is 1.55 bits per heavy atom. The maximum absolute atomic E-state index is 12.3. The van der Waals surface area contributed by atoms with Gasteiger partial charge >= 0.3 is 17.9 Å². The number of carbonyl (C=O) groups excluding carboxylic acids is 6. The van der Waals surface area contributed by atoms with E-state index < -0.39 is 70.1 Å². The van der Waals surface area contributed by atoms with Crippen molar-refractivity contribution in [3.63, 3.8) is 0 Å². The van der Waals surface area contributed by atoms with Crippen LogP contribution in [0.2, 0.25) is 0 Å². The van der Waals surface area contributed by atoms with E-state index in [0.29, 0.717) is 0 Å². The summed E-state index contributed by atoms with van der Waals surface area (Å²) >= 11 is 0.834. The number of aliphatic hydroxyl groups is 1. The molecule has 0 aromatic heterocycles. The average molecular weight is 621 g/mol. The first-order valence-electron chi connectivity index (χ1n) is 13.0. The number of nitrogens with one attached hydrogen (secondary N) is 3. The molecule has 238 valence electrons. The molecule has 42 heavy (non-hydrogen) atoms. The van der Waals surface area contributed by atoms with Crippen molar-refractivity contribution in [2.45, 2.75) is 77.5 Å². The largest absolute Gasteiger partial charge is 0.480 e. The van der Waals surface area contributed by atoms with E-state index in [1.54, 1.807) is 0 Å². The van der Waals surface area contributed by atoms with Gasteiger partial charge in [-0.2, -0.15) is 0 Å². The molecule has 8 N–H and O–H groups in total. The van der Waals surface area contributed by atoms with Crippen LogP contribution in [-0.4, -0.2) is 105 Å². The normalized spacial score (nSPS) is 13.2. The number of carboxylic acids is 2. The van der Waals surface area contributed by atoms with Gasteiger partial charge in [0, 0.05) is 50.4 Å². The van der Waals surface area contributed by atoms with Crippen LogP contribution in [0.3, 0.4) is 0 Å². The Morgan fingerprint density at radius 1 is 0.905 bits per heavy atom. The Labute approximate surface area is 246 Å². The number of ketones is 1. The molecule has 0 radical (unpaired) electrons. The number of carboxylic acid groups (broad SMARTS) is 2. The van der Waals surface area contributed by atoms with Crippen LogP contribution >= 0.6 is 11.8 Å². The van der Waals surface area contributed by atoms with E-state index in [2.05, 4.69) is 16.0 Å². The number of aliphatic carboxylic acids is 2. The zero-order valence-corrected chi connectivity index (χ0v) is 24.6. The molecular weight excluding hydrogens is 580 g/mol. The molecule has 0 heterocycles. The van der Waals surface area contributed by atoms with Crippen LogP contribution in [0.15, 0.2) is 0 Å². The second-order valence-electron chi connectivity index (χ2n) is 9.99. The number of amides is 3. The number of hydrogen-bond acceptors (Lipinski definition) is 12. The SMILES string of the molecule is CC(=O)N[C@@H](CCC(=O)OCC(C)(C)[C@@H](O)C(=O)NCCC(=O)NCCSC(=O)CC(=O)CC[C@H](N)C(=O)O)C(=O)O. The quantitative estimate of drug-likeness (QED) is 0.0429. The number of rotatable bonds is 21. The van der Waals surface area contributed by atoms with Crippen LogP contribution < -0.4 is 21.7 Å². The van der Waals surface area contributed by atoms with Gasteiger partial charge in [0.1, 0.15) is 24.0 Å². The highest BCUT2D eigenvalue weighted by molar-refractivity contribution is 8.13. The fourth-order valence-corrected chi connectivity index (χ4v) is 3.81. The van der Waals surface area contributed by atoms with Crippen molar-refractivity contribution in [1.82, 2.24) is 16.0 Å². The molecule has 0 unspecified atom stereocenters. The summed E-state index contributed by atoms with van der Waals surface area (Å²) < 4.78 is 5.06. The molecule has 0 fully saturated rings. The topological polar surface area (TPSA) is 269 Å². The highest BCUT2D eigenvalue weighted by Crippen LogP contribution is 2.22. The summed E-state index contributed by atoms with van der Waals surface area (Å²) in [5.41, 5.74) is 4.08. The van der Waals surface area contributed by atoms with Crippen molar-refractivity contribution in [3.05, 3.63) is 0 Å². The average Bonchev–Trinajstić information content (AvgIpc) is 2.89. The summed E-state index contributed by atoms with van der Waals surface area (Å²) in [7, 11) is 0. The molecule has 0 rings (SSSR count). The molecule has 16 nitrogen and oxygen atoms in total. The van der Waals surface area contributed by atoms with Crippen molar-refractivity contribution >= 4 is 58.3 Å². The monoisotopic (exact) mass is 620 g/mol. The Balaban J connectivity index is 4.26. The van der Waals surface area contributed by atoms with Crippen molar-refractivity contribution in [1.29, 1.82) is 0 Å². The smallest absolute Gasteiger partial charge is 0.326 e. The van der Waals surface area contributed by atoms with Gasteiger partial charge in [0.15, 0.2) is 5.12 Å². The van der Waals surface area contributed by atoms with E-state index in [9.17, 15) is 43.5 Å². The van der Waals surface area contributed by atoms with Crippen LogP contribution in [0.5, 0.6) is 0 Å². The lowest BCUT2D eigenvalue weighted by molar-refractivity contribution is -0.154. The third-order valence-electron chi connectivity index (χ3n) is 5.64. The number of thioether (sulfide) groups is 1. The lowest BCUT2D eigenvalue weighted by Crippen LogP contribution is -2.47. The molecule has 0 aromatic rings. The number of Topliss-reactive ketones (excluding diaryl/α,β-unsaturated/α-hetero) is 1. The minimum absolute atomic E-state index is 0.0701. The maximum Gasteiger partial charge on any atom is 0.326 e. The zero-order chi connectivity index (χ0) is 32.5. The number of aliphatic hydroxyl groups excluding tert-OH is 1. The van der Waals surface area contributed by atoms with E-state index in [1.807, 2.05) is 0 Å². The van der Waals surface area contributed by atoms with Gasteiger partial charge in [0.25, 0.3) is 0 Å². The van der Waals surface area contributed by atoms with Crippen molar-refractivity contribution < 1.29 is 58.4 Å². The van der Waals surface area contributed by atoms with Crippen molar-refractivity contribution in [3.8, 4) is 0 Å². The van der Waals surface area contributed by atoms with E-state index >= 15 is 0 Å². The summed E-state index contributed by atoms with van der Waals surface area (Å²) in [5.74, 6) is -5.39. The highest BCUT2D eigenvalue weighted by Gasteiger charge is 2.35. The molecule has 0 aliphatic rings. The molecule has 0 aliphatic carbocycles. The second-order valence-corrected chi connectivity index (χ2v) is 11.1. The molecule has 0 saturated carbocycles. The molecule has 0 aromatic carbocycles. The van der Waals surface area contributed by atoms with Gasteiger partial charge in [0.05, 0.1) is 13.0 Å². The Hall–Kier alpha value is -3.57. The second kappa shape index (κ2) is 19.5. The third-order valence-corrected chi connectivity index (χ3v) is 6.51. The molecule has 3 amide bonds. The first-order valence-corrected chi connectivity index (χ1v) is 14.0. The fourth-order valence-electron chi connectivity index (χ4n) is 3.12. The van der Waals surface area contributed by atoms with Gasteiger partial charge in [-0.25, -0.2) is 4.79 Å². The summed E-state index contributed by atoms with van der Waals surface area (Å²) in [6.45, 7) is 3.70. The minimum Gasteiger partial charge on any atom is -0.480 e. The van der Waals surface area contributed by atoms with Gasteiger partial charge in [0.2, 0.25) is 17.7 Å². The number of carbonyl (C=O) groups is 8. The van der Waals surface area contributed by atoms with E-state index in [1.165, 1.54) is 13.8 Å². The molecule has 3 atom stereocenters. The fraction of sp³-hybridized carbons (Fsp3) is 0.680. The molecule has 0 aliphatic heterocycles. The maximum atomic E-state index is 12.3. The molecule has 0 bridgehead atoms. The summed E-state index contributed by atoms with van der Waals surface area (Å²) in [4.78, 5) is 92.6. The van der Waals surface area contributed by atoms with Crippen LogP contribution in [0.1, 0.15) is 59.3 Å². The van der Waals surface area contributed by atoms with E-state index in [4.69, 9.17) is 20.7 Å².